The Labute approximate surface area is 113 Å². The van der Waals surface area contributed by atoms with E-state index in [9.17, 15) is 0 Å². The van der Waals surface area contributed by atoms with Crippen molar-refractivity contribution in [2.75, 3.05) is 30.9 Å². The normalized spacial score (nSPS) is 12.8. The highest BCUT2D eigenvalue weighted by molar-refractivity contribution is 5.89. The third-order valence-corrected chi connectivity index (χ3v) is 3.56. The van der Waals surface area contributed by atoms with Gasteiger partial charge in [0.05, 0.1) is 29.7 Å². The Morgan fingerprint density at radius 2 is 2.26 bits per heavy atom. The summed E-state index contributed by atoms with van der Waals surface area (Å²) in [7, 11) is 1.72. The summed E-state index contributed by atoms with van der Waals surface area (Å²) >= 11 is 0. The molecule has 0 aliphatic rings. The van der Waals surface area contributed by atoms with Crippen molar-refractivity contribution in [3.8, 4) is 0 Å². The number of nitrogen functional groups attached to an aromatic ring is 1. The standard InChI is InChI=1S/C14H22N4O/c1-4-10(2)18(5-6-19-3)14-8-13-11(7-12(14)15)9-16-17-13/h7-10H,4-6,15H2,1-3H3,(H,16,17). The third kappa shape index (κ3) is 2.81. The van der Waals surface area contributed by atoms with Crippen LogP contribution in [0, 0.1) is 0 Å². The van der Waals surface area contributed by atoms with Crippen LogP contribution in [0.3, 0.4) is 0 Å². The van der Waals surface area contributed by atoms with Crippen LogP contribution in [0.15, 0.2) is 18.3 Å². The first-order valence-electron chi connectivity index (χ1n) is 6.65. The molecule has 1 atom stereocenters. The second-order valence-corrected chi connectivity index (χ2v) is 4.81. The number of benzene rings is 1. The van der Waals surface area contributed by atoms with Crippen LogP contribution >= 0.6 is 0 Å². The summed E-state index contributed by atoms with van der Waals surface area (Å²) in [6, 6.07) is 4.45. The van der Waals surface area contributed by atoms with Crippen molar-refractivity contribution < 1.29 is 4.74 Å². The zero-order chi connectivity index (χ0) is 13.8. The van der Waals surface area contributed by atoms with Crippen molar-refractivity contribution in [1.82, 2.24) is 10.2 Å². The van der Waals surface area contributed by atoms with Gasteiger partial charge in [0.1, 0.15) is 0 Å². The molecule has 1 heterocycles. The number of aromatic nitrogens is 2. The predicted octanol–water partition coefficient (Wildman–Crippen LogP) is 2.40. The number of rotatable bonds is 6. The Hall–Kier alpha value is -1.75. The summed E-state index contributed by atoms with van der Waals surface area (Å²) in [4.78, 5) is 2.29. The Kier molecular flexibility index (Phi) is 4.27. The van der Waals surface area contributed by atoms with Crippen molar-refractivity contribution in [2.45, 2.75) is 26.3 Å². The van der Waals surface area contributed by atoms with Gasteiger partial charge in [0, 0.05) is 25.1 Å². The summed E-state index contributed by atoms with van der Waals surface area (Å²) in [5.41, 5.74) is 9.02. The topological polar surface area (TPSA) is 67.2 Å². The molecule has 19 heavy (non-hydrogen) atoms. The highest BCUT2D eigenvalue weighted by atomic mass is 16.5. The lowest BCUT2D eigenvalue weighted by Crippen LogP contribution is -2.35. The van der Waals surface area contributed by atoms with Gasteiger partial charge in [-0.25, -0.2) is 0 Å². The lowest BCUT2D eigenvalue weighted by atomic mass is 10.1. The molecule has 1 unspecified atom stereocenters. The van der Waals surface area contributed by atoms with Crippen molar-refractivity contribution >= 4 is 22.3 Å². The number of nitrogens with one attached hydrogen (secondary N) is 1. The van der Waals surface area contributed by atoms with Crippen LogP contribution in [-0.2, 0) is 4.74 Å². The molecule has 2 aromatic rings. The number of hydrogen-bond acceptors (Lipinski definition) is 4. The van der Waals surface area contributed by atoms with E-state index in [1.54, 1.807) is 13.3 Å². The van der Waals surface area contributed by atoms with Gasteiger partial charge in [-0.1, -0.05) is 6.92 Å². The molecular formula is C14H22N4O. The van der Waals surface area contributed by atoms with Gasteiger partial charge < -0.3 is 15.4 Å². The van der Waals surface area contributed by atoms with Gasteiger partial charge in [-0.05, 0) is 25.5 Å². The zero-order valence-corrected chi connectivity index (χ0v) is 11.8. The van der Waals surface area contributed by atoms with Gasteiger partial charge in [0.15, 0.2) is 0 Å². The van der Waals surface area contributed by atoms with E-state index in [1.165, 1.54) is 0 Å². The van der Waals surface area contributed by atoms with Crippen LogP contribution < -0.4 is 10.6 Å². The summed E-state index contributed by atoms with van der Waals surface area (Å²) < 4.78 is 5.20. The average molecular weight is 262 g/mol. The van der Waals surface area contributed by atoms with E-state index < -0.39 is 0 Å². The van der Waals surface area contributed by atoms with E-state index in [0.717, 1.165) is 35.2 Å². The largest absolute Gasteiger partial charge is 0.397 e. The van der Waals surface area contributed by atoms with Crippen molar-refractivity contribution in [3.05, 3.63) is 18.3 Å². The first-order valence-corrected chi connectivity index (χ1v) is 6.65. The molecule has 1 aromatic carbocycles. The summed E-state index contributed by atoms with van der Waals surface area (Å²) in [6.45, 7) is 5.89. The highest BCUT2D eigenvalue weighted by Crippen LogP contribution is 2.30. The molecule has 0 bridgehead atoms. The molecule has 1 aromatic heterocycles. The Morgan fingerprint density at radius 3 is 2.95 bits per heavy atom. The number of methoxy groups -OCH3 is 1. The van der Waals surface area contributed by atoms with Gasteiger partial charge >= 0.3 is 0 Å². The molecule has 0 saturated heterocycles. The lowest BCUT2D eigenvalue weighted by molar-refractivity contribution is 0.203. The van der Waals surface area contributed by atoms with Crippen LogP contribution in [0.2, 0.25) is 0 Å². The second-order valence-electron chi connectivity index (χ2n) is 4.81. The smallest absolute Gasteiger partial charge is 0.0672 e. The number of nitrogens with two attached hydrogens (primary N) is 1. The van der Waals surface area contributed by atoms with Crippen LogP contribution in [0.4, 0.5) is 11.4 Å². The van der Waals surface area contributed by atoms with Gasteiger partial charge in [-0.2, -0.15) is 5.10 Å². The third-order valence-electron chi connectivity index (χ3n) is 3.56. The molecule has 2 rings (SSSR count). The van der Waals surface area contributed by atoms with E-state index >= 15 is 0 Å². The maximum atomic E-state index is 6.19. The second kappa shape index (κ2) is 5.93. The van der Waals surface area contributed by atoms with E-state index in [0.29, 0.717) is 12.6 Å². The maximum Gasteiger partial charge on any atom is 0.0672 e. The molecule has 3 N–H and O–H groups in total. The summed E-state index contributed by atoms with van der Waals surface area (Å²) in [5, 5.41) is 8.08. The number of fused-ring (bicyclic) bond motifs is 1. The minimum absolute atomic E-state index is 0.415. The fourth-order valence-electron chi connectivity index (χ4n) is 2.23. The fourth-order valence-corrected chi connectivity index (χ4v) is 2.23. The SMILES string of the molecule is CCC(C)N(CCOC)c1cc2[nH]ncc2cc1N. The van der Waals surface area contributed by atoms with Gasteiger partial charge in [-0.15, -0.1) is 0 Å². The molecule has 0 saturated carbocycles. The van der Waals surface area contributed by atoms with Crippen molar-refractivity contribution in [2.24, 2.45) is 0 Å². The zero-order valence-electron chi connectivity index (χ0n) is 11.8. The quantitative estimate of drug-likeness (QED) is 0.784. The molecule has 0 fully saturated rings. The van der Waals surface area contributed by atoms with Crippen molar-refractivity contribution in [3.63, 3.8) is 0 Å². The molecule has 104 valence electrons. The molecule has 5 nitrogen and oxygen atoms in total. The molecule has 0 spiro atoms. The van der Waals surface area contributed by atoms with E-state index in [2.05, 4.69) is 35.0 Å². The monoisotopic (exact) mass is 262 g/mol. The van der Waals surface area contributed by atoms with Gasteiger partial charge in [-0.3, -0.25) is 5.10 Å². The minimum Gasteiger partial charge on any atom is -0.397 e. The van der Waals surface area contributed by atoms with Crippen LogP contribution in [0.1, 0.15) is 20.3 Å². The van der Waals surface area contributed by atoms with E-state index in [1.807, 2.05) is 6.07 Å². The van der Waals surface area contributed by atoms with E-state index in [4.69, 9.17) is 10.5 Å². The summed E-state index contributed by atoms with van der Waals surface area (Å²) in [5.74, 6) is 0. The van der Waals surface area contributed by atoms with Crippen LogP contribution in [0.5, 0.6) is 0 Å². The number of aromatic amines is 1. The summed E-state index contributed by atoms with van der Waals surface area (Å²) in [6.07, 6.45) is 2.85. The number of hydrogen-bond donors (Lipinski definition) is 2. The average Bonchev–Trinajstić information content (AvgIpc) is 2.85. The fraction of sp³-hybridized carbons (Fsp3) is 0.500. The molecule has 0 radical (unpaired) electrons. The first kappa shape index (κ1) is 13.7. The Morgan fingerprint density at radius 1 is 1.47 bits per heavy atom. The number of H-pyrrole nitrogens is 1. The Balaban J connectivity index is 2.38. The molecule has 5 heteroatoms. The number of anilines is 2. The molecule has 0 aliphatic carbocycles. The number of ether oxygens (including phenoxy) is 1. The van der Waals surface area contributed by atoms with Crippen molar-refractivity contribution in [1.29, 1.82) is 0 Å². The minimum atomic E-state index is 0.415. The highest BCUT2D eigenvalue weighted by Gasteiger charge is 2.16. The van der Waals surface area contributed by atoms with Crippen LogP contribution in [0.25, 0.3) is 10.9 Å². The lowest BCUT2D eigenvalue weighted by Gasteiger charge is -2.31. The predicted molar refractivity (Wildman–Crippen MR) is 79.5 cm³/mol. The van der Waals surface area contributed by atoms with E-state index in [-0.39, 0.29) is 0 Å². The maximum absolute atomic E-state index is 6.19. The number of nitrogens with zero attached hydrogens (tertiary/aromatic N) is 2. The van der Waals surface area contributed by atoms with Gasteiger partial charge in [0.25, 0.3) is 0 Å². The first-order chi connectivity index (χ1) is 9.17. The van der Waals surface area contributed by atoms with Crippen LogP contribution in [-0.4, -0.2) is 36.5 Å². The Bertz CT molecular complexity index is 537. The molecule has 0 amide bonds. The molecule has 0 aliphatic heterocycles. The van der Waals surface area contributed by atoms with Gasteiger partial charge in [0.2, 0.25) is 0 Å². The molecular weight excluding hydrogens is 240 g/mol.